The molecule has 0 spiro atoms. The molecule has 1 unspecified atom stereocenters. The molecule has 3 rings (SSSR count). The summed E-state index contributed by atoms with van der Waals surface area (Å²) in [6.45, 7) is 0. The Bertz CT molecular complexity index is 631. The molecule has 1 aliphatic rings. The van der Waals surface area contributed by atoms with E-state index in [0.717, 1.165) is 24.1 Å². The van der Waals surface area contributed by atoms with Crippen LogP contribution in [0.25, 0.3) is 0 Å². The zero-order valence-electron chi connectivity index (χ0n) is 11.2. The maximum absolute atomic E-state index is 12.3. The van der Waals surface area contributed by atoms with Crippen molar-refractivity contribution in [3.63, 3.8) is 0 Å². The van der Waals surface area contributed by atoms with Gasteiger partial charge in [-0.3, -0.25) is 0 Å². The average molecular weight is 307 g/mol. The Morgan fingerprint density at radius 3 is 2.62 bits per heavy atom. The van der Waals surface area contributed by atoms with Gasteiger partial charge < -0.3 is 10.4 Å². The van der Waals surface area contributed by atoms with E-state index in [1.165, 1.54) is 5.56 Å². The maximum atomic E-state index is 12.3. The molecule has 0 saturated carbocycles. The second-order valence-electron chi connectivity index (χ2n) is 5.02. The van der Waals surface area contributed by atoms with Gasteiger partial charge in [0.15, 0.2) is 0 Å². The normalized spacial score (nSPS) is 17.0. The predicted molar refractivity (Wildman–Crippen MR) is 81.1 cm³/mol. The van der Waals surface area contributed by atoms with E-state index in [0.29, 0.717) is 22.4 Å². The second kappa shape index (κ2) is 5.93. The van der Waals surface area contributed by atoms with Crippen molar-refractivity contribution in [3.8, 4) is 5.75 Å². The first-order valence-corrected chi connectivity index (χ1v) is 7.63. The number of halogens is 2. The lowest BCUT2D eigenvalue weighted by Crippen LogP contribution is -2.06. The minimum Gasteiger partial charge on any atom is -0.508 e. The summed E-state index contributed by atoms with van der Waals surface area (Å²) in [4.78, 5) is 0.562. The van der Waals surface area contributed by atoms with Crippen molar-refractivity contribution < 1.29 is 13.9 Å². The standard InChI is InChI=1S/C16H15F2NOS/c17-16(18)21-13-5-2-11(3-6-13)19-15-8-1-10-9-12(20)4-7-14(10)15/h2-7,9,15-16,19-20H,1,8H2. The number of hydrogen-bond donors (Lipinski definition) is 2. The Labute approximate surface area is 126 Å². The molecule has 0 bridgehead atoms. The van der Waals surface area contributed by atoms with Gasteiger partial charge in [-0.15, -0.1) is 0 Å². The van der Waals surface area contributed by atoms with Crippen molar-refractivity contribution in [2.75, 3.05) is 5.32 Å². The number of anilines is 1. The Morgan fingerprint density at radius 2 is 1.90 bits per heavy atom. The Kier molecular flexibility index (Phi) is 4.01. The molecule has 0 radical (unpaired) electrons. The van der Waals surface area contributed by atoms with Crippen LogP contribution in [0.2, 0.25) is 0 Å². The molecule has 0 fully saturated rings. The molecule has 0 aromatic heterocycles. The molecule has 0 saturated heterocycles. The highest BCUT2D eigenvalue weighted by Crippen LogP contribution is 2.36. The molecule has 110 valence electrons. The summed E-state index contributed by atoms with van der Waals surface area (Å²) in [6.07, 6.45) is 1.90. The number of aryl methyl sites for hydroxylation is 1. The van der Waals surface area contributed by atoms with Crippen LogP contribution in [0.3, 0.4) is 0 Å². The quantitative estimate of drug-likeness (QED) is 0.795. The Hall–Kier alpha value is -1.75. The monoisotopic (exact) mass is 307 g/mol. The van der Waals surface area contributed by atoms with Crippen molar-refractivity contribution >= 4 is 17.4 Å². The fourth-order valence-electron chi connectivity index (χ4n) is 2.69. The molecule has 0 amide bonds. The first-order valence-electron chi connectivity index (χ1n) is 6.75. The fraction of sp³-hybridized carbons (Fsp3) is 0.250. The van der Waals surface area contributed by atoms with Crippen LogP contribution in [0.1, 0.15) is 23.6 Å². The van der Waals surface area contributed by atoms with Crippen LogP contribution in [0.5, 0.6) is 5.75 Å². The van der Waals surface area contributed by atoms with Gasteiger partial charge >= 0.3 is 0 Å². The summed E-state index contributed by atoms with van der Waals surface area (Å²) in [5, 5.41) is 12.9. The molecule has 2 aromatic carbocycles. The van der Waals surface area contributed by atoms with E-state index in [4.69, 9.17) is 0 Å². The number of phenolic OH excluding ortho intramolecular Hbond substituents is 1. The first kappa shape index (κ1) is 14.2. The number of alkyl halides is 2. The molecule has 2 N–H and O–H groups in total. The maximum Gasteiger partial charge on any atom is 0.288 e. The zero-order chi connectivity index (χ0) is 14.8. The minimum absolute atomic E-state index is 0.203. The summed E-state index contributed by atoms with van der Waals surface area (Å²) in [7, 11) is 0. The number of fused-ring (bicyclic) bond motifs is 1. The highest BCUT2D eigenvalue weighted by molar-refractivity contribution is 7.99. The average Bonchev–Trinajstić information content (AvgIpc) is 2.83. The predicted octanol–water partition coefficient (Wildman–Crippen LogP) is 4.81. The summed E-state index contributed by atoms with van der Waals surface area (Å²) in [6, 6.07) is 12.7. The van der Waals surface area contributed by atoms with Gasteiger partial charge in [0, 0.05) is 10.6 Å². The number of aromatic hydroxyl groups is 1. The molecular weight excluding hydrogens is 292 g/mol. The van der Waals surface area contributed by atoms with E-state index in [2.05, 4.69) is 5.32 Å². The first-order chi connectivity index (χ1) is 10.1. The van der Waals surface area contributed by atoms with Crippen LogP contribution in [0.4, 0.5) is 14.5 Å². The van der Waals surface area contributed by atoms with E-state index in [1.54, 1.807) is 24.3 Å². The lowest BCUT2D eigenvalue weighted by molar-refractivity contribution is 0.252. The lowest BCUT2D eigenvalue weighted by Gasteiger charge is -2.16. The fourth-order valence-corrected chi connectivity index (χ4v) is 3.19. The minimum atomic E-state index is -2.39. The summed E-state index contributed by atoms with van der Waals surface area (Å²) < 4.78 is 24.5. The number of benzene rings is 2. The molecule has 5 heteroatoms. The van der Waals surface area contributed by atoms with Gasteiger partial charge in [0.2, 0.25) is 0 Å². The number of rotatable bonds is 4. The van der Waals surface area contributed by atoms with Gasteiger partial charge in [0.1, 0.15) is 5.75 Å². The molecule has 2 aromatic rings. The third-order valence-electron chi connectivity index (χ3n) is 3.62. The summed E-state index contributed by atoms with van der Waals surface area (Å²) >= 11 is 0.551. The van der Waals surface area contributed by atoms with Crippen molar-refractivity contribution in [1.29, 1.82) is 0 Å². The molecule has 2 nitrogen and oxygen atoms in total. The topological polar surface area (TPSA) is 32.3 Å². The smallest absolute Gasteiger partial charge is 0.288 e. The summed E-state index contributed by atoms with van der Waals surface area (Å²) in [5.41, 5.74) is 3.27. The number of phenols is 1. The SMILES string of the molecule is Oc1ccc2c(c1)CCC2Nc1ccc(SC(F)F)cc1. The molecule has 1 aliphatic carbocycles. The molecular formula is C16H15F2NOS. The molecule has 21 heavy (non-hydrogen) atoms. The van der Waals surface area contributed by atoms with Crippen molar-refractivity contribution in [2.24, 2.45) is 0 Å². The van der Waals surface area contributed by atoms with Crippen molar-refractivity contribution in [3.05, 3.63) is 53.6 Å². The Balaban J connectivity index is 1.71. The third kappa shape index (κ3) is 3.29. The number of hydrogen-bond acceptors (Lipinski definition) is 3. The van der Waals surface area contributed by atoms with Crippen molar-refractivity contribution in [1.82, 2.24) is 0 Å². The molecule has 0 aliphatic heterocycles. The van der Waals surface area contributed by atoms with E-state index in [-0.39, 0.29) is 6.04 Å². The van der Waals surface area contributed by atoms with Crippen LogP contribution < -0.4 is 5.32 Å². The van der Waals surface area contributed by atoms with Gasteiger partial charge in [-0.25, -0.2) is 0 Å². The van der Waals surface area contributed by atoms with E-state index >= 15 is 0 Å². The van der Waals surface area contributed by atoms with Crippen LogP contribution in [0.15, 0.2) is 47.4 Å². The van der Waals surface area contributed by atoms with Gasteiger partial charge in [-0.05, 0) is 60.4 Å². The van der Waals surface area contributed by atoms with E-state index < -0.39 is 5.76 Å². The van der Waals surface area contributed by atoms with Gasteiger partial charge in [0.05, 0.1) is 6.04 Å². The van der Waals surface area contributed by atoms with Crippen LogP contribution in [-0.2, 0) is 6.42 Å². The number of nitrogens with one attached hydrogen (secondary N) is 1. The molecule has 1 atom stereocenters. The summed E-state index contributed by atoms with van der Waals surface area (Å²) in [5.74, 6) is -2.10. The van der Waals surface area contributed by atoms with E-state index in [9.17, 15) is 13.9 Å². The third-order valence-corrected chi connectivity index (χ3v) is 4.35. The zero-order valence-corrected chi connectivity index (χ0v) is 12.0. The van der Waals surface area contributed by atoms with Gasteiger partial charge in [-0.2, -0.15) is 8.78 Å². The van der Waals surface area contributed by atoms with Crippen LogP contribution >= 0.6 is 11.8 Å². The highest BCUT2D eigenvalue weighted by atomic mass is 32.2. The van der Waals surface area contributed by atoms with Crippen LogP contribution in [-0.4, -0.2) is 10.9 Å². The number of thioether (sulfide) groups is 1. The lowest BCUT2D eigenvalue weighted by atomic mass is 10.1. The van der Waals surface area contributed by atoms with Crippen LogP contribution in [0, 0.1) is 0 Å². The highest BCUT2D eigenvalue weighted by Gasteiger charge is 2.22. The van der Waals surface area contributed by atoms with E-state index in [1.807, 2.05) is 18.2 Å². The van der Waals surface area contributed by atoms with Gasteiger partial charge in [0.25, 0.3) is 5.76 Å². The second-order valence-corrected chi connectivity index (χ2v) is 6.09. The largest absolute Gasteiger partial charge is 0.508 e. The molecule has 0 heterocycles. The van der Waals surface area contributed by atoms with Gasteiger partial charge in [-0.1, -0.05) is 17.8 Å². The van der Waals surface area contributed by atoms with Crippen molar-refractivity contribution in [2.45, 2.75) is 29.5 Å². The Morgan fingerprint density at radius 1 is 1.14 bits per heavy atom.